The molecule has 0 aliphatic carbocycles. The van der Waals surface area contributed by atoms with Crippen LogP contribution in [-0.2, 0) is 48.7 Å². The SMILES string of the molecule is COc1ccc(-c2ccc(Cn3c(CC(C)(C)C(=O)O)c(SC(C)(C)C)c4cc(OCc5ccccn5)ccc43)cc2)cn1.COc1ccc(-c2ccc(Cn3c(CC(C)(C)C(=O)[O-])c(SC(C)(C)C)c4cc(OCc5ccccn5)ccc43)cc2)cn1.[Na+]. The molecule has 0 fully saturated rings. The Morgan fingerprint density at radius 2 is 0.899 bits per heavy atom. The second kappa shape index (κ2) is 28.9. The van der Waals surface area contributed by atoms with Crippen LogP contribution >= 0.6 is 23.5 Å². The topological polar surface area (TPSA) is 176 Å². The van der Waals surface area contributed by atoms with Gasteiger partial charge in [0.1, 0.15) is 24.7 Å². The zero-order chi connectivity index (χ0) is 63.0. The summed E-state index contributed by atoms with van der Waals surface area (Å²) in [5.41, 5.74) is 10.1. The van der Waals surface area contributed by atoms with E-state index in [0.717, 1.165) is 99.3 Å². The van der Waals surface area contributed by atoms with E-state index < -0.39 is 22.8 Å². The maximum Gasteiger partial charge on any atom is 1.00 e. The molecule has 0 amide bonds. The van der Waals surface area contributed by atoms with Gasteiger partial charge in [0.2, 0.25) is 11.8 Å². The summed E-state index contributed by atoms with van der Waals surface area (Å²) in [6.45, 7) is 22.0. The number of fused-ring (bicyclic) bond motifs is 2. The van der Waals surface area contributed by atoms with Crippen LogP contribution in [-0.4, -0.2) is 69.8 Å². The third-order valence-corrected chi connectivity index (χ3v) is 17.3. The standard InChI is InChI=1S/2C36H39N3O4S.Na/c2*1-35(2,3)44-33-29-19-28(43-23-27-9-7-8-18-37-27)15-16-30(29)39(31(33)20-36(4,5)34(40)41)22-24-10-12-25(13-11-24)26-14-17-32(42-6)38-21-26;/h2*7-19,21H,20,22-23H2,1-6H3,(H,40,41);/q;;+1/p-1. The normalized spacial score (nSPS) is 11.8. The molecule has 0 aliphatic rings. The van der Waals surface area contributed by atoms with Gasteiger partial charge in [-0.3, -0.25) is 14.8 Å². The minimum atomic E-state index is -1.07. The monoisotopic (exact) mass is 1240 g/mol. The van der Waals surface area contributed by atoms with Crippen molar-refractivity contribution >= 4 is 57.3 Å². The maximum absolute atomic E-state index is 12.3. The molecule has 10 aromatic rings. The van der Waals surface area contributed by atoms with Crippen LogP contribution in [0.3, 0.4) is 0 Å². The van der Waals surface area contributed by atoms with Crippen molar-refractivity contribution in [3.05, 3.63) is 204 Å². The number of carboxylic acid groups (broad SMARTS) is 2. The van der Waals surface area contributed by atoms with Gasteiger partial charge in [0, 0.05) is 131 Å². The van der Waals surface area contributed by atoms with Gasteiger partial charge in [0.05, 0.1) is 31.0 Å². The molecule has 14 nitrogen and oxygen atoms in total. The van der Waals surface area contributed by atoms with Gasteiger partial charge in [0.25, 0.3) is 0 Å². The van der Waals surface area contributed by atoms with Gasteiger partial charge in [-0.15, -0.1) is 23.5 Å². The van der Waals surface area contributed by atoms with Gasteiger partial charge in [-0.25, -0.2) is 9.97 Å². The second-order valence-corrected chi connectivity index (χ2v) is 28.7. The number of carbonyl (C=O) groups is 2. The minimum absolute atomic E-state index is 0. The number of carboxylic acids is 2. The van der Waals surface area contributed by atoms with E-state index >= 15 is 0 Å². The second-order valence-electron chi connectivity index (χ2n) is 25.0. The summed E-state index contributed by atoms with van der Waals surface area (Å²) >= 11 is 3.51. The number of aromatic nitrogens is 6. The summed E-state index contributed by atoms with van der Waals surface area (Å²) in [4.78, 5) is 44.1. The van der Waals surface area contributed by atoms with E-state index in [2.05, 4.69) is 143 Å². The van der Waals surface area contributed by atoms with Crippen molar-refractivity contribution in [2.24, 2.45) is 10.8 Å². The maximum atomic E-state index is 12.3. The number of hydrogen-bond donors (Lipinski definition) is 1. The van der Waals surface area contributed by atoms with Crippen LogP contribution in [0.5, 0.6) is 23.3 Å². The summed E-state index contributed by atoms with van der Waals surface area (Å²) in [5, 5.41) is 24.4. The van der Waals surface area contributed by atoms with Crippen molar-refractivity contribution in [1.82, 2.24) is 29.1 Å². The number of rotatable bonds is 22. The van der Waals surface area contributed by atoms with Crippen molar-refractivity contribution < 1.29 is 68.3 Å². The van der Waals surface area contributed by atoms with E-state index in [4.69, 9.17) is 18.9 Å². The molecular weight excluding hydrogens is 1160 g/mol. The van der Waals surface area contributed by atoms with Crippen LogP contribution in [0.15, 0.2) is 180 Å². The van der Waals surface area contributed by atoms with E-state index in [0.29, 0.717) is 50.9 Å². The molecule has 89 heavy (non-hydrogen) atoms. The summed E-state index contributed by atoms with van der Waals surface area (Å²) in [5.74, 6) is 0.745. The molecule has 1 N–H and O–H groups in total. The first-order valence-electron chi connectivity index (χ1n) is 29.2. The molecule has 456 valence electrons. The molecule has 0 atom stereocenters. The Hall–Kier alpha value is -7.60. The van der Waals surface area contributed by atoms with Crippen LogP contribution in [0.1, 0.15) is 103 Å². The molecule has 6 aromatic heterocycles. The Labute approximate surface area is 553 Å². The van der Waals surface area contributed by atoms with Gasteiger partial charge in [-0.1, -0.05) is 116 Å². The third kappa shape index (κ3) is 17.4. The number of ether oxygens (including phenoxy) is 4. The first-order chi connectivity index (χ1) is 41.9. The van der Waals surface area contributed by atoms with Crippen molar-refractivity contribution in [3.8, 4) is 45.5 Å². The quantitative estimate of drug-likeness (QED) is 0.0501. The molecule has 0 unspecified atom stereocenters. The third-order valence-electron chi connectivity index (χ3n) is 14.7. The molecule has 6 heterocycles. The average Bonchev–Trinajstić information content (AvgIpc) is 1.76. The number of nitrogens with zero attached hydrogens (tertiary/aromatic N) is 6. The van der Waals surface area contributed by atoms with E-state index in [1.807, 2.05) is 79.0 Å². The number of carbonyl (C=O) groups excluding carboxylic acids is 1. The fourth-order valence-corrected chi connectivity index (χ4v) is 12.4. The van der Waals surface area contributed by atoms with Gasteiger partial charge in [0.15, 0.2) is 0 Å². The first-order valence-corrected chi connectivity index (χ1v) is 30.9. The van der Waals surface area contributed by atoms with Gasteiger partial charge in [-0.2, -0.15) is 0 Å². The Balaban J connectivity index is 0.000000228. The minimum Gasteiger partial charge on any atom is -0.550 e. The Bertz CT molecular complexity index is 3750. The number of pyridine rings is 4. The van der Waals surface area contributed by atoms with Crippen molar-refractivity contribution in [2.45, 2.75) is 128 Å². The van der Waals surface area contributed by atoms with E-state index in [9.17, 15) is 19.8 Å². The van der Waals surface area contributed by atoms with Crippen LogP contribution in [0.25, 0.3) is 44.1 Å². The Morgan fingerprint density at radius 3 is 1.22 bits per heavy atom. The van der Waals surface area contributed by atoms with Crippen LogP contribution in [0.4, 0.5) is 0 Å². The molecule has 10 rings (SSSR count). The summed E-state index contributed by atoms with van der Waals surface area (Å²) in [6, 6.07) is 48.3. The van der Waals surface area contributed by atoms with Crippen LogP contribution < -0.4 is 53.6 Å². The van der Waals surface area contributed by atoms with Gasteiger partial charge < -0.3 is 43.1 Å². The zero-order valence-electron chi connectivity index (χ0n) is 53.2. The molecule has 0 bridgehead atoms. The summed E-state index contributed by atoms with van der Waals surface area (Å²) in [7, 11) is 3.21. The molecule has 0 saturated carbocycles. The molecule has 0 saturated heterocycles. The van der Waals surface area contributed by atoms with E-state index in [1.54, 1.807) is 84.0 Å². The summed E-state index contributed by atoms with van der Waals surface area (Å²) in [6.07, 6.45) is 7.83. The van der Waals surface area contributed by atoms with E-state index in [1.165, 1.54) is 0 Å². The number of thioether (sulfide) groups is 2. The number of benzene rings is 4. The Morgan fingerprint density at radius 1 is 0.506 bits per heavy atom. The fourth-order valence-electron chi connectivity index (χ4n) is 10.0. The Kier molecular flexibility index (Phi) is 21.9. The number of hydrogen-bond acceptors (Lipinski definition) is 13. The van der Waals surface area contributed by atoms with Crippen LogP contribution in [0, 0.1) is 10.8 Å². The molecule has 0 radical (unpaired) electrons. The molecule has 0 aliphatic heterocycles. The average molecular weight is 1240 g/mol. The smallest absolute Gasteiger partial charge is 0.550 e. The largest absolute Gasteiger partial charge is 1.00 e. The van der Waals surface area contributed by atoms with E-state index in [-0.39, 0.29) is 39.1 Å². The van der Waals surface area contributed by atoms with Gasteiger partial charge in [-0.05, 0) is 115 Å². The molecule has 0 spiro atoms. The predicted octanol–water partition coefficient (Wildman–Crippen LogP) is 12.2. The predicted molar refractivity (Wildman–Crippen MR) is 351 cm³/mol. The van der Waals surface area contributed by atoms with Crippen molar-refractivity contribution in [1.29, 1.82) is 0 Å². The first kappa shape index (κ1) is 67.3. The molecule has 17 heteroatoms. The van der Waals surface area contributed by atoms with Gasteiger partial charge >= 0.3 is 35.5 Å². The van der Waals surface area contributed by atoms with Crippen LogP contribution in [0.2, 0.25) is 0 Å². The van der Waals surface area contributed by atoms with Crippen molar-refractivity contribution in [2.75, 3.05) is 14.2 Å². The zero-order valence-corrected chi connectivity index (χ0v) is 56.8. The molecule has 4 aromatic carbocycles. The molecular formula is C72H77N6NaO8S2. The fraction of sp³-hybridized carbons (Fsp3) is 0.306. The number of aliphatic carboxylic acids is 2. The summed E-state index contributed by atoms with van der Waals surface area (Å²) < 4.78 is 27.0. The number of methoxy groups -OCH3 is 2. The van der Waals surface area contributed by atoms with Crippen molar-refractivity contribution in [3.63, 3.8) is 0 Å².